The van der Waals surface area contributed by atoms with Gasteiger partial charge in [-0.15, -0.1) is 0 Å². The van der Waals surface area contributed by atoms with Crippen LogP contribution in [0.1, 0.15) is 25.3 Å². The summed E-state index contributed by atoms with van der Waals surface area (Å²) in [5.41, 5.74) is 1.17. The minimum absolute atomic E-state index is 0.119. The third-order valence-corrected chi connectivity index (χ3v) is 5.64. The van der Waals surface area contributed by atoms with Gasteiger partial charge >= 0.3 is 0 Å². The summed E-state index contributed by atoms with van der Waals surface area (Å²) in [7, 11) is 0. The summed E-state index contributed by atoms with van der Waals surface area (Å²) < 4.78 is 1.13. The Morgan fingerprint density at radius 1 is 1.58 bits per heavy atom. The molecule has 0 radical (unpaired) electrons. The lowest BCUT2D eigenvalue weighted by Gasteiger charge is -2.23. The molecule has 1 heterocycles. The maximum atomic E-state index is 10.7. The molecule has 1 saturated heterocycles. The first kappa shape index (κ1) is 14.8. The topological polar surface area (TPSA) is 55.2 Å². The quantitative estimate of drug-likeness (QED) is 0.653. The van der Waals surface area contributed by atoms with E-state index in [0.717, 1.165) is 23.1 Å². The minimum atomic E-state index is -0.377. The Labute approximate surface area is 125 Å². The standard InChI is InChI=1S/C13H17BrN2O2S/c1-13(5-2-6-19-13)9-15-8-10-3-4-11(16(17)18)7-12(10)14/h3-4,7,15H,2,5-6,8-9H2,1H3. The molecule has 2 rings (SSSR count). The molecule has 1 unspecified atom stereocenters. The third-order valence-electron chi connectivity index (χ3n) is 3.36. The van der Waals surface area contributed by atoms with Crippen molar-refractivity contribution in [1.82, 2.24) is 5.32 Å². The van der Waals surface area contributed by atoms with Gasteiger partial charge in [0, 0.05) is 34.4 Å². The normalized spacial score (nSPS) is 22.6. The van der Waals surface area contributed by atoms with Crippen LogP contribution in [-0.2, 0) is 6.54 Å². The van der Waals surface area contributed by atoms with Gasteiger partial charge < -0.3 is 5.32 Å². The lowest BCUT2D eigenvalue weighted by Crippen LogP contribution is -2.32. The van der Waals surface area contributed by atoms with E-state index in [0.29, 0.717) is 4.75 Å². The van der Waals surface area contributed by atoms with E-state index in [1.165, 1.54) is 18.6 Å². The fourth-order valence-electron chi connectivity index (χ4n) is 2.23. The van der Waals surface area contributed by atoms with Gasteiger partial charge in [0.1, 0.15) is 0 Å². The van der Waals surface area contributed by atoms with E-state index in [9.17, 15) is 10.1 Å². The maximum Gasteiger partial charge on any atom is 0.270 e. The molecule has 0 aromatic heterocycles. The number of non-ortho nitro benzene ring substituents is 1. The molecule has 4 nitrogen and oxygen atoms in total. The van der Waals surface area contributed by atoms with Gasteiger partial charge in [0.05, 0.1) is 4.92 Å². The molecule has 1 aromatic carbocycles. The van der Waals surface area contributed by atoms with Gasteiger partial charge in [0.2, 0.25) is 0 Å². The monoisotopic (exact) mass is 344 g/mol. The number of benzene rings is 1. The van der Waals surface area contributed by atoms with Gasteiger partial charge in [-0.2, -0.15) is 11.8 Å². The summed E-state index contributed by atoms with van der Waals surface area (Å²) >= 11 is 5.42. The molecule has 1 fully saturated rings. The molecule has 19 heavy (non-hydrogen) atoms. The van der Waals surface area contributed by atoms with Crippen LogP contribution in [0.4, 0.5) is 5.69 Å². The van der Waals surface area contributed by atoms with Crippen molar-refractivity contribution in [2.24, 2.45) is 0 Å². The minimum Gasteiger partial charge on any atom is -0.311 e. The lowest BCUT2D eigenvalue weighted by molar-refractivity contribution is -0.384. The number of nitro benzene ring substituents is 1. The van der Waals surface area contributed by atoms with E-state index < -0.39 is 0 Å². The fraction of sp³-hybridized carbons (Fsp3) is 0.538. The molecule has 1 atom stereocenters. The van der Waals surface area contributed by atoms with Gasteiger partial charge in [-0.05, 0) is 37.1 Å². The first-order chi connectivity index (χ1) is 9.00. The van der Waals surface area contributed by atoms with Crippen LogP contribution in [0, 0.1) is 10.1 Å². The smallest absolute Gasteiger partial charge is 0.270 e. The van der Waals surface area contributed by atoms with E-state index in [2.05, 4.69) is 28.2 Å². The van der Waals surface area contributed by atoms with Crippen LogP contribution < -0.4 is 5.32 Å². The van der Waals surface area contributed by atoms with Gasteiger partial charge in [0.15, 0.2) is 0 Å². The van der Waals surface area contributed by atoms with Crippen LogP contribution in [0.5, 0.6) is 0 Å². The van der Waals surface area contributed by atoms with E-state index in [4.69, 9.17) is 0 Å². The summed E-state index contributed by atoms with van der Waals surface area (Å²) in [6.45, 7) is 4.00. The van der Waals surface area contributed by atoms with Crippen molar-refractivity contribution < 1.29 is 4.92 Å². The van der Waals surface area contributed by atoms with E-state index >= 15 is 0 Å². The highest BCUT2D eigenvalue weighted by atomic mass is 79.9. The summed E-state index contributed by atoms with van der Waals surface area (Å²) in [5, 5.41) is 14.1. The number of hydrogen-bond donors (Lipinski definition) is 1. The highest BCUT2D eigenvalue weighted by Crippen LogP contribution is 2.37. The van der Waals surface area contributed by atoms with E-state index in [-0.39, 0.29) is 10.6 Å². The largest absolute Gasteiger partial charge is 0.311 e. The predicted molar refractivity (Wildman–Crippen MR) is 82.6 cm³/mol. The van der Waals surface area contributed by atoms with Gasteiger partial charge in [-0.3, -0.25) is 10.1 Å². The molecular formula is C13H17BrN2O2S. The number of rotatable bonds is 5. The maximum absolute atomic E-state index is 10.7. The van der Waals surface area contributed by atoms with Gasteiger partial charge in [-0.1, -0.05) is 15.9 Å². The average molecular weight is 345 g/mol. The van der Waals surface area contributed by atoms with Gasteiger partial charge in [-0.25, -0.2) is 0 Å². The fourth-order valence-corrected chi connectivity index (χ4v) is 4.01. The van der Waals surface area contributed by atoms with Crippen molar-refractivity contribution in [3.63, 3.8) is 0 Å². The summed E-state index contributed by atoms with van der Waals surface area (Å²) in [5.74, 6) is 1.25. The zero-order valence-electron chi connectivity index (χ0n) is 10.8. The highest BCUT2D eigenvalue weighted by molar-refractivity contribution is 9.10. The number of nitrogens with one attached hydrogen (secondary N) is 1. The first-order valence-corrected chi connectivity index (χ1v) is 8.05. The molecule has 6 heteroatoms. The van der Waals surface area contributed by atoms with Crippen molar-refractivity contribution >= 4 is 33.4 Å². The molecule has 0 amide bonds. The average Bonchev–Trinajstić information content (AvgIpc) is 2.78. The Morgan fingerprint density at radius 3 is 2.95 bits per heavy atom. The number of halogens is 1. The number of hydrogen-bond acceptors (Lipinski definition) is 4. The van der Waals surface area contributed by atoms with Crippen LogP contribution in [0.15, 0.2) is 22.7 Å². The van der Waals surface area contributed by atoms with Gasteiger partial charge in [0.25, 0.3) is 5.69 Å². The molecule has 0 spiro atoms. The second-order valence-electron chi connectivity index (χ2n) is 5.04. The van der Waals surface area contributed by atoms with Crippen LogP contribution >= 0.6 is 27.7 Å². The van der Waals surface area contributed by atoms with Crippen LogP contribution in [0.25, 0.3) is 0 Å². The molecule has 1 aliphatic heterocycles. The molecule has 0 saturated carbocycles. The first-order valence-electron chi connectivity index (χ1n) is 6.28. The number of thioether (sulfide) groups is 1. The highest BCUT2D eigenvalue weighted by Gasteiger charge is 2.28. The molecule has 1 N–H and O–H groups in total. The van der Waals surface area contributed by atoms with E-state index in [1.54, 1.807) is 18.2 Å². The predicted octanol–water partition coefficient (Wildman–Crippen LogP) is 3.73. The zero-order chi connectivity index (χ0) is 13.9. The summed E-state index contributed by atoms with van der Waals surface area (Å²) in [6.07, 6.45) is 2.55. The summed E-state index contributed by atoms with van der Waals surface area (Å²) in [4.78, 5) is 10.3. The molecule has 1 aliphatic rings. The second-order valence-corrected chi connectivity index (χ2v) is 7.58. The Balaban J connectivity index is 1.91. The van der Waals surface area contributed by atoms with Crippen molar-refractivity contribution in [3.05, 3.63) is 38.3 Å². The van der Waals surface area contributed by atoms with Crippen molar-refractivity contribution in [2.75, 3.05) is 12.3 Å². The Morgan fingerprint density at radius 2 is 2.37 bits per heavy atom. The van der Waals surface area contributed by atoms with Crippen molar-refractivity contribution in [3.8, 4) is 0 Å². The van der Waals surface area contributed by atoms with Crippen LogP contribution in [-0.4, -0.2) is 22.0 Å². The molecule has 104 valence electrons. The van der Waals surface area contributed by atoms with Crippen LogP contribution in [0.2, 0.25) is 0 Å². The molecule has 1 aromatic rings. The third kappa shape index (κ3) is 3.94. The molecule has 0 aliphatic carbocycles. The van der Waals surface area contributed by atoms with E-state index in [1.807, 2.05) is 11.8 Å². The summed E-state index contributed by atoms with van der Waals surface area (Å²) in [6, 6.07) is 4.91. The van der Waals surface area contributed by atoms with Crippen LogP contribution in [0.3, 0.4) is 0 Å². The lowest BCUT2D eigenvalue weighted by atomic mass is 10.1. The number of nitrogens with zero attached hydrogens (tertiary/aromatic N) is 1. The Bertz CT molecular complexity index is 476. The Kier molecular flexibility index (Phi) is 4.86. The molecular weight excluding hydrogens is 328 g/mol. The second kappa shape index (κ2) is 6.24. The van der Waals surface area contributed by atoms with Crippen molar-refractivity contribution in [1.29, 1.82) is 0 Å². The SMILES string of the molecule is CC1(CNCc2ccc([N+](=O)[O-])cc2Br)CCCS1. The number of nitro groups is 1. The van der Waals surface area contributed by atoms with Crippen molar-refractivity contribution in [2.45, 2.75) is 31.1 Å². The Hall–Kier alpha value is -0.590. The zero-order valence-corrected chi connectivity index (χ0v) is 13.2. The molecule has 0 bridgehead atoms.